The SMILES string of the molecule is CCc1nn(-c2cccc(Br)c2)c2nc(C(F)(F)F)ncc12. The van der Waals surface area contributed by atoms with Crippen LogP contribution in [0.15, 0.2) is 34.9 Å². The zero-order valence-corrected chi connectivity index (χ0v) is 13.0. The highest BCUT2D eigenvalue weighted by Crippen LogP contribution is 2.29. The van der Waals surface area contributed by atoms with Crippen molar-refractivity contribution in [2.24, 2.45) is 0 Å². The van der Waals surface area contributed by atoms with Crippen LogP contribution in [0.3, 0.4) is 0 Å². The summed E-state index contributed by atoms with van der Waals surface area (Å²) in [6.07, 6.45) is -2.83. The molecule has 2 heterocycles. The number of aromatic nitrogens is 4. The largest absolute Gasteiger partial charge is 0.451 e. The number of benzene rings is 1. The number of hydrogen-bond acceptors (Lipinski definition) is 3. The van der Waals surface area contributed by atoms with Gasteiger partial charge in [0.15, 0.2) is 5.65 Å². The Morgan fingerprint density at radius 2 is 2.05 bits per heavy atom. The Kier molecular flexibility index (Phi) is 3.64. The van der Waals surface area contributed by atoms with Crippen LogP contribution in [0.2, 0.25) is 0 Å². The van der Waals surface area contributed by atoms with Crippen molar-refractivity contribution in [1.82, 2.24) is 19.7 Å². The molecule has 4 nitrogen and oxygen atoms in total. The van der Waals surface area contributed by atoms with Crippen molar-refractivity contribution >= 4 is 27.0 Å². The second kappa shape index (κ2) is 5.35. The Morgan fingerprint density at radius 1 is 1.27 bits per heavy atom. The fourth-order valence-corrected chi connectivity index (χ4v) is 2.53. The van der Waals surface area contributed by atoms with Gasteiger partial charge in [0.1, 0.15) is 0 Å². The van der Waals surface area contributed by atoms with Gasteiger partial charge in [-0.1, -0.05) is 28.9 Å². The van der Waals surface area contributed by atoms with Crippen molar-refractivity contribution in [1.29, 1.82) is 0 Å². The lowest BCUT2D eigenvalue weighted by Crippen LogP contribution is -2.11. The molecule has 0 aliphatic carbocycles. The highest BCUT2D eigenvalue weighted by Gasteiger charge is 2.35. The quantitative estimate of drug-likeness (QED) is 0.680. The van der Waals surface area contributed by atoms with Crippen LogP contribution in [0.4, 0.5) is 13.2 Å². The van der Waals surface area contributed by atoms with Crippen LogP contribution in [0.25, 0.3) is 16.7 Å². The van der Waals surface area contributed by atoms with E-state index in [1.165, 1.54) is 10.9 Å². The van der Waals surface area contributed by atoms with E-state index in [0.717, 1.165) is 4.47 Å². The number of fused-ring (bicyclic) bond motifs is 1. The van der Waals surface area contributed by atoms with Gasteiger partial charge in [0, 0.05) is 10.7 Å². The minimum absolute atomic E-state index is 0.150. The van der Waals surface area contributed by atoms with E-state index in [2.05, 4.69) is 31.0 Å². The van der Waals surface area contributed by atoms with Gasteiger partial charge in [0.05, 0.1) is 16.8 Å². The highest BCUT2D eigenvalue weighted by atomic mass is 79.9. The lowest BCUT2D eigenvalue weighted by molar-refractivity contribution is -0.144. The number of halogens is 4. The van der Waals surface area contributed by atoms with Gasteiger partial charge in [0.2, 0.25) is 5.82 Å². The van der Waals surface area contributed by atoms with Crippen molar-refractivity contribution in [2.75, 3.05) is 0 Å². The van der Waals surface area contributed by atoms with Crippen molar-refractivity contribution in [2.45, 2.75) is 19.5 Å². The fourth-order valence-electron chi connectivity index (χ4n) is 2.15. The normalized spacial score (nSPS) is 12.0. The maximum absolute atomic E-state index is 12.8. The van der Waals surface area contributed by atoms with E-state index in [-0.39, 0.29) is 5.65 Å². The van der Waals surface area contributed by atoms with Crippen LogP contribution in [-0.2, 0) is 12.6 Å². The first-order valence-corrected chi connectivity index (χ1v) is 7.27. The third-order valence-corrected chi connectivity index (χ3v) is 3.64. The molecule has 1 aromatic carbocycles. The molecular formula is C14H10BrF3N4. The zero-order valence-electron chi connectivity index (χ0n) is 11.4. The Labute approximate surface area is 132 Å². The van der Waals surface area contributed by atoms with Gasteiger partial charge < -0.3 is 0 Å². The Morgan fingerprint density at radius 3 is 2.68 bits per heavy atom. The molecule has 3 aromatic rings. The second-order valence-corrected chi connectivity index (χ2v) is 5.54. The van der Waals surface area contributed by atoms with E-state index in [0.29, 0.717) is 23.2 Å². The molecule has 22 heavy (non-hydrogen) atoms. The van der Waals surface area contributed by atoms with Crippen molar-refractivity contribution in [3.8, 4) is 5.69 Å². The molecule has 0 aliphatic rings. The molecule has 2 aromatic heterocycles. The lowest BCUT2D eigenvalue weighted by Gasteiger charge is -2.06. The minimum Gasteiger partial charge on any atom is -0.232 e. The Hall–Kier alpha value is -1.96. The molecule has 0 unspecified atom stereocenters. The first-order chi connectivity index (χ1) is 10.4. The first-order valence-electron chi connectivity index (χ1n) is 6.48. The summed E-state index contributed by atoms with van der Waals surface area (Å²) in [5.41, 5.74) is 1.44. The van der Waals surface area contributed by atoms with Crippen LogP contribution >= 0.6 is 15.9 Å². The van der Waals surface area contributed by atoms with Gasteiger partial charge in [-0.15, -0.1) is 0 Å². The third-order valence-electron chi connectivity index (χ3n) is 3.14. The van der Waals surface area contributed by atoms with Gasteiger partial charge in [-0.25, -0.2) is 14.6 Å². The molecule has 3 rings (SSSR count). The predicted octanol–water partition coefficient (Wildman–Crippen LogP) is 4.16. The van der Waals surface area contributed by atoms with Gasteiger partial charge in [-0.05, 0) is 24.6 Å². The molecule has 114 valence electrons. The van der Waals surface area contributed by atoms with E-state index in [1.54, 1.807) is 18.2 Å². The molecule has 0 bridgehead atoms. The maximum Gasteiger partial charge on any atom is 0.451 e. The Bertz CT molecular complexity index is 842. The summed E-state index contributed by atoms with van der Waals surface area (Å²) < 4.78 is 40.7. The van der Waals surface area contributed by atoms with E-state index in [1.807, 2.05) is 13.0 Å². The van der Waals surface area contributed by atoms with Crippen molar-refractivity contribution in [3.63, 3.8) is 0 Å². The molecule has 0 aliphatic heterocycles. The van der Waals surface area contributed by atoms with Crippen molar-refractivity contribution in [3.05, 3.63) is 46.5 Å². The average molecular weight is 371 g/mol. The van der Waals surface area contributed by atoms with Gasteiger partial charge >= 0.3 is 6.18 Å². The van der Waals surface area contributed by atoms with Gasteiger partial charge in [0.25, 0.3) is 0 Å². The molecule has 0 atom stereocenters. The number of nitrogens with zero attached hydrogens (tertiary/aromatic N) is 4. The van der Waals surface area contributed by atoms with Crippen LogP contribution in [0.1, 0.15) is 18.4 Å². The Balaban J connectivity index is 2.29. The standard InChI is InChI=1S/C14H10BrF3N4/c1-2-11-10-7-19-13(14(16,17)18)20-12(10)22(21-11)9-5-3-4-8(15)6-9/h3-7H,2H2,1H3. The highest BCUT2D eigenvalue weighted by molar-refractivity contribution is 9.10. The summed E-state index contributed by atoms with van der Waals surface area (Å²) in [5, 5.41) is 4.89. The molecule has 0 amide bonds. The van der Waals surface area contributed by atoms with Crippen LogP contribution < -0.4 is 0 Å². The zero-order chi connectivity index (χ0) is 15.9. The van der Waals surface area contributed by atoms with Crippen LogP contribution in [0.5, 0.6) is 0 Å². The predicted molar refractivity (Wildman–Crippen MR) is 78.7 cm³/mol. The molecule has 0 spiro atoms. The summed E-state index contributed by atoms with van der Waals surface area (Å²) in [6, 6.07) is 7.13. The van der Waals surface area contributed by atoms with E-state index >= 15 is 0 Å². The van der Waals surface area contributed by atoms with Crippen LogP contribution in [-0.4, -0.2) is 19.7 Å². The molecule has 0 saturated carbocycles. The summed E-state index contributed by atoms with van der Waals surface area (Å²) in [4.78, 5) is 7.08. The monoisotopic (exact) mass is 370 g/mol. The molecule has 0 N–H and O–H groups in total. The van der Waals surface area contributed by atoms with E-state index in [4.69, 9.17) is 0 Å². The molecule has 0 fully saturated rings. The number of alkyl halides is 3. The first kappa shape index (κ1) is 15.0. The summed E-state index contributed by atoms with van der Waals surface area (Å²) >= 11 is 3.34. The molecule has 0 saturated heterocycles. The summed E-state index contributed by atoms with van der Waals surface area (Å²) in [6.45, 7) is 1.88. The molecular weight excluding hydrogens is 361 g/mol. The molecule has 8 heteroatoms. The van der Waals surface area contributed by atoms with Crippen molar-refractivity contribution < 1.29 is 13.2 Å². The molecule has 0 radical (unpaired) electrons. The third kappa shape index (κ3) is 2.58. The van der Waals surface area contributed by atoms with Gasteiger partial charge in [-0.3, -0.25) is 0 Å². The second-order valence-electron chi connectivity index (χ2n) is 4.62. The number of hydrogen-bond donors (Lipinski definition) is 0. The number of aryl methyl sites for hydroxylation is 1. The smallest absolute Gasteiger partial charge is 0.232 e. The average Bonchev–Trinajstić information content (AvgIpc) is 2.84. The maximum atomic E-state index is 12.8. The summed E-state index contributed by atoms with van der Waals surface area (Å²) in [5.74, 6) is -1.17. The fraction of sp³-hybridized carbons (Fsp3) is 0.214. The van der Waals surface area contributed by atoms with E-state index < -0.39 is 12.0 Å². The minimum atomic E-state index is -4.59. The van der Waals surface area contributed by atoms with Crippen LogP contribution in [0, 0.1) is 0 Å². The van der Waals surface area contributed by atoms with E-state index in [9.17, 15) is 13.2 Å². The lowest BCUT2D eigenvalue weighted by atomic mass is 10.2. The number of rotatable bonds is 2. The topological polar surface area (TPSA) is 43.6 Å². The summed E-state index contributed by atoms with van der Waals surface area (Å²) in [7, 11) is 0. The van der Waals surface area contributed by atoms with Gasteiger partial charge in [-0.2, -0.15) is 18.3 Å².